The van der Waals surface area contributed by atoms with E-state index < -0.39 is 5.82 Å². The van der Waals surface area contributed by atoms with Crippen LogP contribution < -0.4 is 0 Å². The van der Waals surface area contributed by atoms with Crippen LogP contribution in [0.3, 0.4) is 0 Å². The van der Waals surface area contributed by atoms with E-state index in [9.17, 15) is 9.18 Å². The van der Waals surface area contributed by atoms with E-state index >= 15 is 0 Å². The van der Waals surface area contributed by atoms with Gasteiger partial charge in [-0.15, -0.1) is 0 Å². The van der Waals surface area contributed by atoms with E-state index in [-0.39, 0.29) is 23.7 Å². The van der Waals surface area contributed by atoms with E-state index in [2.05, 4.69) is 0 Å². The van der Waals surface area contributed by atoms with Gasteiger partial charge >= 0.3 is 5.97 Å². The first-order valence-corrected chi connectivity index (χ1v) is 5.02. The van der Waals surface area contributed by atoms with Gasteiger partial charge in [0.1, 0.15) is 12.4 Å². The smallest absolute Gasteiger partial charge is 0.306 e. The lowest BCUT2D eigenvalue weighted by atomic mass is 10.1. The van der Waals surface area contributed by atoms with Crippen molar-refractivity contribution < 1.29 is 13.9 Å². The van der Waals surface area contributed by atoms with Crippen LogP contribution in [0.2, 0.25) is 0 Å². The average Bonchev–Trinajstić information content (AvgIpc) is 2.27. The van der Waals surface area contributed by atoms with Gasteiger partial charge in [-0.1, -0.05) is 13.0 Å². The molecule has 84 valence electrons. The summed E-state index contributed by atoms with van der Waals surface area (Å²) >= 11 is 0. The molecule has 0 bridgehead atoms. The molecule has 0 aliphatic carbocycles. The molecular weight excluding hydrogens is 209 g/mol. The van der Waals surface area contributed by atoms with Gasteiger partial charge in [0.15, 0.2) is 0 Å². The maximum atomic E-state index is 13.3. The summed E-state index contributed by atoms with van der Waals surface area (Å²) < 4.78 is 18.2. The molecule has 0 aliphatic heterocycles. The fraction of sp³-hybridized carbons (Fsp3) is 0.333. The van der Waals surface area contributed by atoms with Crippen molar-refractivity contribution in [2.24, 2.45) is 0 Å². The Morgan fingerprint density at radius 1 is 1.56 bits per heavy atom. The Morgan fingerprint density at radius 2 is 2.31 bits per heavy atom. The molecule has 1 aromatic rings. The number of benzene rings is 1. The zero-order valence-corrected chi connectivity index (χ0v) is 9.00. The Morgan fingerprint density at radius 3 is 2.94 bits per heavy atom. The zero-order chi connectivity index (χ0) is 12.0. The molecule has 0 heterocycles. The monoisotopic (exact) mass is 221 g/mol. The van der Waals surface area contributed by atoms with Crippen molar-refractivity contribution in [1.82, 2.24) is 0 Å². The number of hydrogen-bond donors (Lipinski definition) is 0. The topological polar surface area (TPSA) is 50.1 Å². The van der Waals surface area contributed by atoms with E-state index in [0.29, 0.717) is 12.8 Å². The van der Waals surface area contributed by atoms with Crippen molar-refractivity contribution in [2.75, 3.05) is 0 Å². The molecule has 1 aromatic carbocycles. The number of hydrogen-bond acceptors (Lipinski definition) is 3. The van der Waals surface area contributed by atoms with Crippen LogP contribution >= 0.6 is 0 Å². The lowest BCUT2D eigenvalue weighted by Crippen LogP contribution is -2.06. The summed E-state index contributed by atoms with van der Waals surface area (Å²) in [6.45, 7) is 1.67. The van der Waals surface area contributed by atoms with Gasteiger partial charge in [-0.25, -0.2) is 4.39 Å². The highest BCUT2D eigenvalue weighted by molar-refractivity contribution is 5.69. The van der Waals surface area contributed by atoms with E-state index in [1.807, 2.05) is 13.0 Å². The van der Waals surface area contributed by atoms with Crippen molar-refractivity contribution in [3.8, 4) is 6.07 Å². The summed E-state index contributed by atoms with van der Waals surface area (Å²) in [7, 11) is 0. The third-order valence-corrected chi connectivity index (χ3v) is 2.07. The molecule has 0 radical (unpaired) electrons. The summed E-state index contributed by atoms with van der Waals surface area (Å²) in [5.74, 6) is -0.905. The van der Waals surface area contributed by atoms with Crippen molar-refractivity contribution >= 4 is 5.97 Å². The SMILES string of the molecule is CCCC(=O)OCc1c(F)cccc1C#N. The summed E-state index contributed by atoms with van der Waals surface area (Å²) in [6.07, 6.45) is 0.984. The number of halogens is 1. The van der Waals surface area contributed by atoms with Crippen LogP contribution in [0.1, 0.15) is 30.9 Å². The van der Waals surface area contributed by atoms with E-state index in [0.717, 1.165) is 0 Å². The first-order chi connectivity index (χ1) is 7.69. The van der Waals surface area contributed by atoms with Crippen molar-refractivity contribution in [1.29, 1.82) is 5.26 Å². The Labute approximate surface area is 93.5 Å². The van der Waals surface area contributed by atoms with Crippen LogP contribution in [-0.4, -0.2) is 5.97 Å². The predicted molar refractivity (Wildman–Crippen MR) is 55.8 cm³/mol. The number of esters is 1. The fourth-order valence-corrected chi connectivity index (χ4v) is 1.24. The number of carbonyl (C=O) groups excluding carboxylic acids is 1. The van der Waals surface area contributed by atoms with Gasteiger partial charge in [-0.2, -0.15) is 5.26 Å². The predicted octanol–water partition coefficient (Wildman–Crippen LogP) is 2.54. The molecule has 1 rings (SSSR count). The summed E-state index contributed by atoms with van der Waals surface area (Å²) in [6, 6.07) is 6.04. The number of carbonyl (C=O) groups is 1. The molecule has 4 heteroatoms. The highest BCUT2D eigenvalue weighted by atomic mass is 19.1. The van der Waals surface area contributed by atoms with E-state index in [1.54, 1.807) is 0 Å². The van der Waals surface area contributed by atoms with Gasteiger partial charge in [-0.3, -0.25) is 4.79 Å². The van der Waals surface area contributed by atoms with Gasteiger partial charge in [0.2, 0.25) is 0 Å². The summed E-state index contributed by atoms with van der Waals surface area (Å²) in [4.78, 5) is 11.1. The number of rotatable bonds is 4. The third-order valence-electron chi connectivity index (χ3n) is 2.07. The van der Waals surface area contributed by atoms with Crippen LogP contribution in [0.15, 0.2) is 18.2 Å². The van der Waals surface area contributed by atoms with Gasteiger partial charge in [0.05, 0.1) is 11.6 Å². The molecule has 0 atom stereocenters. The molecule has 0 saturated carbocycles. The first kappa shape index (κ1) is 12.2. The van der Waals surface area contributed by atoms with Crippen LogP contribution in [0.5, 0.6) is 0 Å². The van der Waals surface area contributed by atoms with Crippen LogP contribution in [0.25, 0.3) is 0 Å². The molecule has 0 spiro atoms. The summed E-state index contributed by atoms with van der Waals surface area (Å²) in [5, 5.41) is 8.75. The Kier molecular flexibility index (Phi) is 4.46. The lowest BCUT2D eigenvalue weighted by molar-refractivity contribution is -0.145. The Hall–Kier alpha value is -1.89. The molecule has 16 heavy (non-hydrogen) atoms. The quantitative estimate of drug-likeness (QED) is 0.734. The van der Waals surface area contributed by atoms with Gasteiger partial charge < -0.3 is 4.74 Å². The molecule has 0 N–H and O–H groups in total. The van der Waals surface area contributed by atoms with Crippen molar-refractivity contribution in [3.63, 3.8) is 0 Å². The molecule has 0 fully saturated rings. The molecule has 3 nitrogen and oxygen atoms in total. The highest BCUT2D eigenvalue weighted by Gasteiger charge is 2.10. The normalized spacial score (nSPS) is 9.56. The minimum Gasteiger partial charge on any atom is -0.461 e. The molecule has 0 saturated heterocycles. The van der Waals surface area contributed by atoms with Crippen LogP contribution in [0, 0.1) is 17.1 Å². The van der Waals surface area contributed by atoms with Crippen molar-refractivity contribution in [2.45, 2.75) is 26.4 Å². The van der Waals surface area contributed by atoms with E-state index in [4.69, 9.17) is 10.00 Å². The zero-order valence-electron chi connectivity index (χ0n) is 9.00. The lowest BCUT2D eigenvalue weighted by Gasteiger charge is -2.06. The maximum absolute atomic E-state index is 13.3. The van der Waals surface area contributed by atoms with Gasteiger partial charge in [0.25, 0.3) is 0 Å². The number of nitrogens with zero attached hydrogens (tertiary/aromatic N) is 1. The molecule has 0 unspecified atom stereocenters. The Balaban J connectivity index is 2.74. The third kappa shape index (κ3) is 3.06. The largest absolute Gasteiger partial charge is 0.461 e. The highest BCUT2D eigenvalue weighted by Crippen LogP contribution is 2.14. The maximum Gasteiger partial charge on any atom is 0.306 e. The van der Waals surface area contributed by atoms with E-state index in [1.165, 1.54) is 18.2 Å². The minimum atomic E-state index is -0.525. The summed E-state index contributed by atoms with van der Waals surface area (Å²) in [5.41, 5.74) is 0.332. The number of ether oxygens (including phenoxy) is 1. The standard InChI is InChI=1S/C12H12FNO2/c1-2-4-12(15)16-8-10-9(7-14)5-3-6-11(10)13/h3,5-6H,2,4,8H2,1H3. The van der Waals surface area contributed by atoms with Gasteiger partial charge in [0, 0.05) is 12.0 Å². The second-order valence-electron chi connectivity index (χ2n) is 3.29. The van der Waals surface area contributed by atoms with Crippen molar-refractivity contribution in [3.05, 3.63) is 35.1 Å². The molecular formula is C12H12FNO2. The Bertz CT molecular complexity index is 424. The average molecular weight is 221 g/mol. The van der Waals surface area contributed by atoms with Crippen LogP contribution in [0.4, 0.5) is 4.39 Å². The minimum absolute atomic E-state index is 0.134. The molecule has 0 aliphatic rings. The first-order valence-electron chi connectivity index (χ1n) is 5.02. The number of nitriles is 1. The second kappa shape index (κ2) is 5.86. The van der Waals surface area contributed by atoms with Gasteiger partial charge in [-0.05, 0) is 18.6 Å². The van der Waals surface area contributed by atoms with Crippen LogP contribution in [-0.2, 0) is 16.1 Å². The fourth-order valence-electron chi connectivity index (χ4n) is 1.24. The second-order valence-corrected chi connectivity index (χ2v) is 3.29. The molecule has 0 amide bonds. The molecule has 0 aromatic heterocycles.